The van der Waals surface area contributed by atoms with Gasteiger partial charge in [-0.1, -0.05) is 90.0 Å². The summed E-state index contributed by atoms with van der Waals surface area (Å²) in [6.45, 7) is 32.1. The highest BCUT2D eigenvalue weighted by Crippen LogP contribution is 2.81. The van der Waals surface area contributed by atoms with Crippen molar-refractivity contribution in [2.24, 2.45) is 38.4 Å². The van der Waals surface area contributed by atoms with Crippen molar-refractivity contribution < 1.29 is 0 Å². The van der Waals surface area contributed by atoms with Gasteiger partial charge in [0.2, 0.25) is 0 Å². The molecule has 1 aliphatic carbocycles. The fraction of sp³-hybridized carbons (Fsp3) is 1.00. The van der Waals surface area contributed by atoms with E-state index in [9.17, 15) is 0 Å². The average molecular weight is 281 g/mol. The third-order valence-electron chi connectivity index (χ3n) is 8.42. The van der Waals surface area contributed by atoms with Crippen LogP contribution in [-0.2, 0) is 0 Å². The summed E-state index contributed by atoms with van der Waals surface area (Å²) in [6, 6.07) is 0. The van der Waals surface area contributed by atoms with E-state index in [-0.39, 0.29) is 0 Å². The molecule has 0 nitrogen and oxygen atoms in total. The van der Waals surface area contributed by atoms with Gasteiger partial charge >= 0.3 is 0 Å². The van der Waals surface area contributed by atoms with E-state index in [1.165, 1.54) is 0 Å². The molecule has 0 N–H and O–H groups in total. The number of hydrogen-bond donors (Lipinski definition) is 0. The highest BCUT2D eigenvalue weighted by Gasteiger charge is 2.75. The molecule has 0 spiro atoms. The quantitative estimate of drug-likeness (QED) is 0.496. The van der Waals surface area contributed by atoms with Gasteiger partial charge in [0.05, 0.1) is 0 Å². The average Bonchev–Trinajstić information content (AvgIpc) is 2.12. The molecule has 0 amide bonds. The van der Waals surface area contributed by atoms with Crippen molar-refractivity contribution in [1.82, 2.24) is 0 Å². The molecule has 0 saturated heterocycles. The fourth-order valence-corrected chi connectivity index (χ4v) is 5.46. The van der Waals surface area contributed by atoms with Gasteiger partial charge in [-0.15, -0.1) is 0 Å². The minimum absolute atomic E-state index is 0.314. The SMILES string of the molecule is CC(C)(C)C(C)(C)C1C(C)(C)C(C)(C)C1(C)C(C)(C)C. The summed E-state index contributed by atoms with van der Waals surface area (Å²) in [6.07, 6.45) is 0. The Morgan fingerprint density at radius 2 is 1.00 bits per heavy atom. The Balaban J connectivity index is 3.53. The summed E-state index contributed by atoms with van der Waals surface area (Å²) in [5.74, 6) is 0.720. The third-order valence-corrected chi connectivity index (χ3v) is 8.42. The van der Waals surface area contributed by atoms with Crippen LogP contribution in [0.2, 0.25) is 0 Å². The Morgan fingerprint density at radius 3 is 1.25 bits per heavy atom. The van der Waals surface area contributed by atoms with Crippen molar-refractivity contribution in [1.29, 1.82) is 0 Å². The Labute approximate surface area is 129 Å². The van der Waals surface area contributed by atoms with Crippen molar-refractivity contribution in [3.8, 4) is 0 Å². The fourth-order valence-electron chi connectivity index (χ4n) is 5.46. The standard InChI is InChI=1S/C20H40/c1-15(2,3)17(7,8)14-18(9,10)19(11,12)20(14,13)16(4,5)6/h14H,1-13H3. The monoisotopic (exact) mass is 280 g/mol. The Morgan fingerprint density at radius 1 is 0.650 bits per heavy atom. The van der Waals surface area contributed by atoms with Crippen molar-refractivity contribution >= 4 is 0 Å². The third kappa shape index (κ3) is 1.78. The van der Waals surface area contributed by atoms with E-state index in [1.807, 2.05) is 0 Å². The summed E-state index contributed by atoms with van der Waals surface area (Å²) < 4.78 is 0. The second-order valence-corrected chi connectivity index (χ2v) is 11.2. The summed E-state index contributed by atoms with van der Waals surface area (Å²) >= 11 is 0. The molecule has 0 aliphatic heterocycles. The van der Waals surface area contributed by atoms with Crippen molar-refractivity contribution in [2.45, 2.75) is 90.0 Å². The van der Waals surface area contributed by atoms with Crippen LogP contribution in [0.4, 0.5) is 0 Å². The van der Waals surface area contributed by atoms with Gasteiger partial charge in [-0.25, -0.2) is 0 Å². The van der Waals surface area contributed by atoms with E-state index in [4.69, 9.17) is 0 Å². The molecule has 0 heteroatoms. The van der Waals surface area contributed by atoms with Crippen LogP contribution in [0.15, 0.2) is 0 Å². The first-order valence-corrected chi connectivity index (χ1v) is 8.37. The van der Waals surface area contributed by atoms with E-state index in [0.717, 1.165) is 5.92 Å². The molecule has 0 aromatic rings. The first kappa shape index (κ1) is 18.1. The molecule has 0 aromatic carbocycles. The molecular formula is C20H40. The molecule has 0 heterocycles. The zero-order valence-electron chi connectivity index (χ0n) is 16.6. The molecule has 120 valence electrons. The van der Waals surface area contributed by atoms with Gasteiger partial charge in [0.1, 0.15) is 0 Å². The Kier molecular flexibility index (Phi) is 3.65. The summed E-state index contributed by atoms with van der Waals surface area (Å²) in [7, 11) is 0. The van der Waals surface area contributed by atoms with Gasteiger partial charge in [0.15, 0.2) is 0 Å². The second-order valence-electron chi connectivity index (χ2n) is 11.2. The molecule has 1 rings (SSSR count). The highest BCUT2D eigenvalue weighted by molar-refractivity contribution is 5.23. The van der Waals surface area contributed by atoms with E-state index < -0.39 is 0 Å². The molecule has 2 unspecified atom stereocenters. The van der Waals surface area contributed by atoms with Crippen LogP contribution in [0, 0.1) is 38.4 Å². The first-order valence-electron chi connectivity index (χ1n) is 8.37. The van der Waals surface area contributed by atoms with Crippen molar-refractivity contribution in [3.63, 3.8) is 0 Å². The van der Waals surface area contributed by atoms with Crippen LogP contribution in [-0.4, -0.2) is 0 Å². The van der Waals surface area contributed by atoms with E-state index in [1.54, 1.807) is 0 Å². The minimum atomic E-state index is 0.314. The van der Waals surface area contributed by atoms with Crippen LogP contribution in [0.5, 0.6) is 0 Å². The van der Waals surface area contributed by atoms with Crippen molar-refractivity contribution in [2.75, 3.05) is 0 Å². The van der Waals surface area contributed by atoms with Gasteiger partial charge in [-0.05, 0) is 38.4 Å². The molecule has 1 fully saturated rings. The molecule has 1 saturated carbocycles. The Hall–Kier alpha value is 0. The maximum absolute atomic E-state index is 2.55. The maximum atomic E-state index is 2.55. The zero-order chi connectivity index (χ0) is 16.6. The van der Waals surface area contributed by atoms with Gasteiger partial charge < -0.3 is 0 Å². The smallest absolute Gasteiger partial charge is 0.0182 e. The van der Waals surface area contributed by atoms with Crippen LogP contribution < -0.4 is 0 Å². The molecule has 2 atom stereocenters. The van der Waals surface area contributed by atoms with Gasteiger partial charge in [0, 0.05) is 0 Å². The molecule has 20 heavy (non-hydrogen) atoms. The lowest BCUT2D eigenvalue weighted by Gasteiger charge is -2.80. The van der Waals surface area contributed by atoms with E-state index in [2.05, 4.69) is 90.0 Å². The topological polar surface area (TPSA) is 0 Å². The summed E-state index contributed by atoms with van der Waals surface area (Å²) in [4.78, 5) is 0. The highest BCUT2D eigenvalue weighted by atomic mass is 14.8. The molecule has 0 aromatic heterocycles. The first-order chi connectivity index (χ1) is 8.37. The van der Waals surface area contributed by atoms with Crippen LogP contribution in [0.1, 0.15) is 90.0 Å². The predicted molar refractivity (Wildman–Crippen MR) is 91.9 cm³/mol. The summed E-state index contributed by atoms with van der Waals surface area (Å²) in [5.41, 5.74) is 2.02. The van der Waals surface area contributed by atoms with Crippen molar-refractivity contribution in [3.05, 3.63) is 0 Å². The van der Waals surface area contributed by atoms with E-state index >= 15 is 0 Å². The lowest BCUT2D eigenvalue weighted by molar-refractivity contribution is -0.328. The molecule has 0 bridgehead atoms. The Bertz CT molecular complexity index is 381. The molecular weight excluding hydrogens is 240 g/mol. The van der Waals surface area contributed by atoms with E-state index in [0.29, 0.717) is 32.5 Å². The maximum Gasteiger partial charge on any atom is -0.0182 e. The van der Waals surface area contributed by atoms with Crippen LogP contribution >= 0.6 is 0 Å². The molecule has 1 aliphatic rings. The van der Waals surface area contributed by atoms with Gasteiger partial charge in [-0.2, -0.15) is 0 Å². The minimum Gasteiger partial charge on any atom is -0.0597 e. The normalized spacial score (nSPS) is 33.8. The lowest BCUT2D eigenvalue weighted by atomic mass is 9.24. The van der Waals surface area contributed by atoms with Crippen LogP contribution in [0.25, 0.3) is 0 Å². The lowest BCUT2D eigenvalue weighted by Crippen LogP contribution is -2.75. The second kappa shape index (κ2) is 4.05. The molecule has 0 radical (unpaired) electrons. The number of rotatable bonds is 1. The number of hydrogen-bond acceptors (Lipinski definition) is 0. The summed E-state index contributed by atoms with van der Waals surface area (Å²) in [5, 5.41) is 0. The predicted octanol–water partition coefficient (Wildman–Crippen LogP) is 6.79. The van der Waals surface area contributed by atoms with Gasteiger partial charge in [-0.3, -0.25) is 0 Å². The van der Waals surface area contributed by atoms with Gasteiger partial charge in [0.25, 0.3) is 0 Å². The zero-order valence-corrected chi connectivity index (χ0v) is 16.6. The van der Waals surface area contributed by atoms with Crippen LogP contribution in [0.3, 0.4) is 0 Å². The largest absolute Gasteiger partial charge is 0.0597 e.